The van der Waals surface area contributed by atoms with E-state index in [1.807, 2.05) is 0 Å². The van der Waals surface area contributed by atoms with Crippen molar-refractivity contribution in [3.63, 3.8) is 0 Å². The average Bonchev–Trinajstić information content (AvgIpc) is 2.45. The first-order valence-electron chi connectivity index (χ1n) is 6.34. The Morgan fingerprint density at radius 1 is 1.40 bits per heavy atom. The Balaban J connectivity index is 2.54. The number of morpholine rings is 1. The van der Waals surface area contributed by atoms with Gasteiger partial charge in [-0.15, -0.1) is 0 Å². The van der Waals surface area contributed by atoms with Crippen molar-refractivity contribution < 1.29 is 29.0 Å². The van der Waals surface area contributed by atoms with Crippen LogP contribution in [0, 0.1) is 5.92 Å². The highest BCUT2D eigenvalue weighted by molar-refractivity contribution is 5.79. The summed E-state index contributed by atoms with van der Waals surface area (Å²) in [5.41, 5.74) is 0. The molecule has 114 valence electrons. The predicted octanol–water partition coefficient (Wildman–Crippen LogP) is -0.321. The fourth-order valence-corrected chi connectivity index (χ4v) is 1.73. The van der Waals surface area contributed by atoms with Gasteiger partial charge in [-0.1, -0.05) is 0 Å². The third kappa shape index (κ3) is 4.09. The van der Waals surface area contributed by atoms with Crippen molar-refractivity contribution in [2.75, 3.05) is 26.8 Å². The number of aliphatic carboxylic acids is 1. The van der Waals surface area contributed by atoms with Crippen LogP contribution < -0.4 is 5.32 Å². The number of urea groups is 1. The largest absolute Gasteiger partial charge is 0.481 e. The minimum absolute atomic E-state index is 0.0900. The van der Waals surface area contributed by atoms with Crippen LogP contribution >= 0.6 is 0 Å². The lowest BCUT2D eigenvalue weighted by Crippen LogP contribution is -2.54. The third-order valence-electron chi connectivity index (χ3n) is 3.31. The van der Waals surface area contributed by atoms with Crippen LogP contribution in [0.2, 0.25) is 0 Å². The number of hydrogen-bond acceptors (Lipinski definition) is 5. The third-order valence-corrected chi connectivity index (χ3v) is 3.31. The molecule has 0 radical (unpaired) electrons. The van der Waals surface area contributed by atoms with Gasteiger partial charge < -0.3 is 24.8 Å². The molecule has 2 amide bonds. The van der Waals surface area contributed by atoms with E-state index in [1.54, 1.807) is 6.92 Å². The van der Waals surface area contributed by atoms with Crippen LogP contribution in [0.15, 0.2) is 0 Å². The fraction of sp³-hybridized carbons (Fsp3) is 0.750. The summed E-state index contributed by atoms with van der Waals surface area (Å²) in [6, 6.07) is -0.928. The van der Waals surface area contributed by atoms with E-state index in [4.69, 9.17) is 9.84 Å². The van der Waals surface area contributed by atoms with Gasteiger partial charge in [-0.3, -0.25) is 4.79 Å². The van der Waals surface area contributed by atoms with Gasteiger partial charge in [0, 0.05) is 12.6 Å². The molecule has 1 aliphatic rings. The second kappa shape index (κ2) is 7.09. The Kier molecular flexibility index (Phi) is 5.75. The minimum Gasteiger partial charge on any atom is -0.481 e. The van der Waals surface area contributed by atoms with Crippen molar-refractivity contribution in [2.45, 2.75) is 26.0 Å². The van der Waals surface area contributed by atoms with Crippen molar-refractivity contribution in [2.24, 2.45) is 5.92 Å². The number of esters is 1. The average molecular weight is 288 g/mol. The van der Waals surface area contributed by atoms with E-state index in [0.29, 0.717) is 6.54 Å². The van der Waals surface area contributed by atoms with Crippen LogP contribution in [0.1, 0.15) is 13.8 Å². The number of amides is 2. The summed E-state index contributed by atoms with van der Waals surface area (Å²) in [5.74, 6) is -2.21. The Bertz CT molecular complexity index is 386. The molecular formula is C12H20N2O6. The molecule has 20 heavy (non-hydrogen) atoms. The number of carboxylic acids is 1. The summed E-state index contributed by atoms with van der Waals surface area (Å²) in [7, 11) is 1.25. The van der Waals surface area contributed by atoms with Gasteiger partial charge >= 0.3 is 18.0 Å². The van der Waals surface area contributed by atoms with E-state index in [2.05, 4.69) is 10.1 Å². The van der Waals surface area contributed by atoms with Crippen molar-refractivity contribution in [1.29, 1.82) is 0 Å². The van der Waals surface area contributed by atoms with Gasteiger partial charge in [-0.25, -0.2) is 9.59 Å². The number of nitrogens with one attached hydrogen (secondary N) is 1. The van der Waals surface area contributed by atoms with Crippen LogP contribution in [-0.2, 0) is 19.1 Å². The highest BCUT2D eigenvalue weighted by Crippen LogP contribution is 2.09. The molecule has 0 spiro atoms. The lowest BCUT2D eigenvalue weighted by atomic mass is 10.0. The molecule has 8 nitrogen and oxygen atoms in total. The van der Waals surface area contributed by atoms with Crippen LogP contribution in [0.3, 0.4) is 0 Å². The number of carbonyl (C=O) groups is 3. The Labute approximate surface area is 117 Å². The van der Waals surface area contributed by atoms with E-state index in [9.17, 15) is 14.4 Å². The molecule has 2 N–H and O–H groups in total. The monoisotopic (exact) mass is 288 g/mol. The van der Waals surface area contributed by atoms with Gasteiger partial charge in [-0.2, -0.15) is 0 Å². The molecule has 1 heterocycles. The number of carboxylic acid groups (broad SMARTS) is 1. The predicted molar refractivity (Wildman–Crippen MR) is 68.1 cm³/mol. The lowest BCUT2D eigenvalue weighted by Gasteiger charge is -2.32. The number of nitrogens with zero attached hydrogens (tertiary/aromatic N) is 1. The number of hydrogen-bond donors (Lipinski definition) is 2. The molecule has 0 aromatic carbocycles. The zero-order chi connectivity index (χ0) is 15.3. The summed E-state index contributed by atoms with van der Waals surface area (Å²) in [6.07, 6.45) is -0.799. The summed E-state index contributed by atoms with van der Waals surface area (Å²) in [4.78, 5) is 35.6. The maximum absolute atomic E-state index is 12.0. The van der Waals surface area contributed by atoms with E-state index in [1.165, 1.54) is 18.9 Å². The molecule has 3 unspecified atom stereocenters. The molecule has 0 aromatic rings. The zero-order valence-electron chi connectivity index (χ0n) is 11.8. The number of rotatable bonds is 4. The molecule has 0 aliphatic carbocycles. The summed E-state index contributed by atoms with van der Waals surface area (Å²) >= 11 is 0. The van der Waals surface area contributed by atoms with E-state index in [-0.39, 0.29) is 13.2 Å². The van der Waals surface area contributed by atoms with Gasteiger partial charge in [0.1, 0.15) is 0 Å². The van der Waals surface area contributed by atoms with Crippen LogP contribution in [0.5, 0.6) is 0 Å². The summed E-state index contributed by atoms with van der Waals surface area (Å²) in [6.45, 7) is 3.80. The normalized spacial score (nSPS) is 21.8. The van der Waals surface area contributed by atoms with Gasteiger partial charge in [-0.05, 0) is 13.8 Å². The molecule has 1 rings (SSSR count). The quantitative estimate of drug-likeness (QED) is 0.687. The highest BCUT2D eigenvalue weighted by Gasteiger charge is 2.31. The maximum Gasteiger partial charge on any atom is 0.336 e. The molecule has 3 atom stereocenters. The summed E-state index contributed by atoms with van der Waals surface area (Å²) < 4.78 is 9.78. The first-order chi connectivity index (χ1) is 9.36. The molecule has 0 saturated carbocycles. The molecule has 0 aromatic heterocycles. The lowest BCUT2D eigenvalue weighted by molar-refractivity contribution is -0.158. The molecule has 1 saturated heterocycles. The standard InChI is InChI=1S/C12H20N2O6/c1-7(10(15)16)8(2)13-12(18)14-4-5-20-9(6-14)11(17)19-3/h7-9H,4-6H2,1-3H3,(H,13,18)(H,15,16). The van der Waals surface area contributed by atoms with Crippen LogP contribution in [-0.4, -0.2) is 66.9 Å². The van der Waals surface area contributed by atoms with Crippen molar-refractivity contribution in [1.82, 2.24) is 10.2 Å². The van der Waals surface area contributed by atoms with E-state index < -0.39 is 36.0 Å². The first-order valence-corrected chi connectivity index (χ1v) is 6.34. The molecular weight excluding hydrogens is 268 g/mol. The molecule has 1 aliphatic heterocycles. The molecule has 8 heteroatoms. The summed E-state index contributed by atoms with van der Waals surface area (Å²) in [5, 5.41) is 11.5. The number of ether oxygens (including phenoxy) is 2. The van der Waals surface area contributed by atoms with Crippen molar-refractivity contribution in [3.05, 3.63) is 0 Å². The number of methoxy groups -OCH3 is 1. The second-order valence-corrected chi connectivity index (χ2v) is 4.69. The minimum atomic E-state index is -0.979. The second-order valence-electron chi connectivity index (χ2n) is 4.69. The van der Waals surface area contributed by atoms with Gasteiger partial charge in [0.2, 0.25) is 0 Å². The van der Waals surface area contributed by atoms with Crippen LogP contribution in [0.25, 0.3) is 0 Å². The van der Waals surface area contributed by atoms with Crippen molar-refractivity contribution in [3.8, 4) is 0 Å². The zero-order valence-corrected chi connectivity index (χ0v) is 11.8. The topological polar surface area (TPSA) is 105 Å². The Morgan fingerprint density at radius 3 is 2.60 bits per heavy atom. The van der Waals surface area contributed by atoms with Gasteiger partial charge in [0.15, 0.2) is 6.10 Å². The molecule has 0 bridgehead atoms. The maximum atomic E-state index is 12.0. The Hall–Kier alpha value is -1.83. The first kappa shape index (κ1) is 16.2. The van der Waals surface area contributed by atoms with Crippen LogP contribution in [0.4, 0.5) is 4.79 Å². The van der Waals surface area contributed by atoms with E-state index in [0.717, 1.165) is 0 Å². The number of carbonyl (C=O) groups excluding carboxylic acids is 2. The molecule has 1 fully saturated rings. The smallest absolute Gasteiger partial charge is 0.336 e. The van der Waals surface area contributed by atoms with E-state index >= 15 is 0 Å². The van der Waals surface area contributed by atoms with Gasteiger partial charge in [0.25, 0.3) is 0 Å². The Morgan fingerprint density at radius 2 is 2.05 bits per heavy atom. The highest BCUT2D eigenvalue weighted by atomic mass is 16.6. The van der Waals surface area contributed by atoms with Gasteiger partial charge in [0.05, 0.1) is 26.2 Å². The van der Waals surface area contributed by atoms with Crippen molar-refractivity contribution >= 4 is 18.0 Å². The SMILES string of the molecule is COC(=O)C1CN(C(=O)NC(C)C(C)C(=O)O)CCO1. The fourth-order valence-electron chi connectivity index (χ4n) is 1.73.